The van der Waals surface area contributed by atoms with Crippen molar-refractivity contribution in [1.29, 1.82) is 0 Å². The van der Waals surface area contributed by atoms with E-state index in [1.165, 1.54) is 0 Å². The first-order valence-corrected chi connectivity index (χ1v) is 15.0. The van der Waals surface area contributed by atoms with Crippen LogP contribution in [0.3, 0.4) is 0 Å². The van der Waals surface area contributed by atoms with Gasteiger partial charge in [0.25, 0.3) is 10.1 Å². The second-order valence-electron chi connectivity index (χ2n) is 11.4. The van der Waals surface area contributed by atoms with Gasteiger partial charge in [-0.25, -0.2) is 4.98 Å². The highest BCUT2D eigenvalue weighted by Crippen LogP contribution is 2.55. The summed E-state index contributed by atoms with van der Waals surface area (Å²) in [6, 6.07) is 14.3. The number of benzene rings is 2. The molecule has 216 valence electrons. The van der Waals surface area contributed by atoms with Crippen LogP contribution in [0.15, 0.2) is 59.8 Å². The Hall–Kier alpha value is -2.76. The fraction of sp³-hybridized carbons (Fsp3) is 0.500. The van der Waals surface area contributed by atoms with Crippen LogP contribution in [0.4, 0.5) is 0 Å². The molecule has 3 aromatic rings. The lowest BCUT2D eigenvalue weighted by Crippen LogP contribution is -2.54. The van der Waals surface area contributed by atoms with Crippen LogP contribution in [0.25, 0.3) is 0 Å². The van der Waals surface area contributed by atoms with Crippen molar-refractivity contribution in [3.63, 3.8) is 0 Å². The predicted molar refractivity (Wildman–Crippen MR) is 149 cm³/mol. The molecule has 1 spiro atoms. The molecule has 1 N–H and O–H groups in total. The second-order valence-corrected chi connectivity index (χ2v) is 13.0. The molecule has 2 heterocycles. The molecule has 0 bridgehead atoms. The summed E-state index contributed by atoms with van der Waals surface area (Å²) in [5.41, 5.74) is 1.54. The summed E-state index contributed by atoms with van der Waals surface area (Å²) < 4.78 is 50.5. The van der Waals surface area contributed by atoms with E-state index in [1.807, 2.05) is 49.6 Å². The van der Waals surface area contributed by atoms with Crippen LogP contribution in [-0.4, -0.2) is 55.8 Å². The van der Waals surface area contributed by atoms with E-state index in [0.29, 0.717) is 44.7 Å². The molecule has 0 radical (unpaired) electrons. The molecular weight excluding hydrogens is 532 g/mol. The molecule has 2 aromatic carbocycles. The highest BCUT2D eigenvalue weighted by atomic mass is 32.2. The van der Waals surface area contributed by atoms with Gasteiger partial charge >= 0.3 is 0 Å². The zero-order valence-corrected chi connectivity index (χ0v) is 24.4. The lowest BCUT2D eigenvalue weighted by Gasteiger charge is -2.51. The van der Waals surface area contributed by atoms with Crippen LogP contribution in [0.5, 0.6) is 5.75 Å². The van der Waals surface area contributed by atoms with E-state index >= 15 is 0 Å². The van der Waals surface area contributed by atoms with E-state index in [-0.39, 0.29) is 17.9 Å². The van der Waals surface area contributed by atoms with Crippen LogP contribution < -0.4 is 4.74 Å². The molecule has 1 aliphatic heterocycles. The zero-order valence-electron chi connectivity index (χ0n) is 23.6. The molecule has 2 aliphatic rings. The Morgan fingerprint density at radius 1 is 1.02 bits per heavy atom. The average Bonchev–Trinajstić information content (AvgIpc) is 3.56. The van der Waals surface area contributed by atoms with Crippen molar-refractivity contribution >= 4 is 10.1 Å². The normalized spacial score (nSPS) is 22.0. The number of hydrogen-bond donors (Lipinski definition) is 1. The highest BCUT2D eigenvalue weighted by Gasteiger charge is 2.58. The summed E-state index contributed by atoms with van der Waals surface area (Å²) in [7, 11) is -2.31. The van der Waals surface area contributed by atoms with E-state index in [9.17, 15) is 13.5 Å². The van der Waals surface area contributed by atoms with Gasteiger partial charge < -0.3 is 23.9 Å². The van der Waals surface area contributed by atoms with Crippen LogP contribution in [0, 0.1) is 12.3 Å². The SMILES string of the molecule is COc1ccc(Cn2cnc(C3(O)CCC4(OCCO4)C(C)(C)C3)c2CCOS(=O)(=O)c2ccc(C)cc2)cc1. The van der Waals surface area contributed by atoms with Crippen LogP contribution in [0.2, 0.25) is 0 Å². The van der Waals surface area contributed by atoms with Gasteiger partial charge in [-0.2, -0.15) is 8.42 Å². The maximum atomic E-state index is 12.9. The number of aliphatic hydroxyl groups is 1. The molecule has 1 aromatic heterocycles. The number of ether oxygens (including phenoxy) is 3. The third-order valence-corrected chi connectivity index (χ3v) is 9.50. The number of aromatic nitrogens is 2. The second kappa shape index (κ2) is 10.9. The summed E-state index contributed by atoms with van der Waals surface area (Å²) in [4.78, 5) is 4.82. The molecule has 0 amide bonds. The molecule has 1 saturated heterocycles. The van der Waals surface area contributed by atoms with Gasteiger partial charge in [-0.15, -0.1) is 0 Å². The predicted octanol–water partition coefficient (Wildman–Crippen LogP) is 4.34. The molecule has 1 saturated carbocycles. The average molecular weight is 571 g/mol. The van der Waals surface area contributed by atoms with Crippen molar-refractivity contribution in [1.82, 2.24) is 9.55 Å². The maximum absolute atomic E-state index is 12.9. The molecule has 9 nitrogen and oxygen atoms in total. The lowest BCUT2D eigenvalue weighted by atomic mass is 9.64. The molecule has 1 unspecified atom stereocenters. The van der Waals surface area contributed by atoms with Gasteiger partial charge in [-0.05, 0) is 49.6 Å². The minimum Gasteiger partial charge on any atom is -0.497 e. The van der Waals surface area contributed by atoms with Gasteiger partial charge in [0.15, 0.2) is 5.79 Å². The fourth-order valence-electron chi connectivity index (χ4n) is 6.00. The van der Waals surface area contributed by atoms with Gasteiger partial charge in [-0.3, -0.25) is 4.18 Å². The summed E-state index contributed by atoms with van der Waals surface area (Å²) >= 11 is 0. The minimum atomic E-state index is -3.94. The first-order valence-electron chi connectivity index (χ1n) is 13.6. The molecule has 1 atom stereocenters. The Kier molecular flexibility index (Phi) is 7.84. The minimum absolute atomic E-state index is 0.0901. The monoisotopic (exact) mass is 570 g/mol. The molecular formula is C30H38N2O7S. The van der Waals surface area contributed by atoms with Crippen LogP contribution >= 0.6 is 0 Å². The van der Waals surface area contributed by atoms with E-state index in [1.54, 1.807) is 37.7 Å². The van der Waals surface area contributed by atoms with E-state index < -0.39 is 26.9 Å². The summed E-state index contributed by atoms with van der Waals surface area (Å²) in [6.45, 7) is 7.47. The lowest BCUT2D eigenvalue weighted by molar-refractivity contribution is -0.273. The number of nitrogens with zero attached hydrogens (tertiary/aromatic N) is 2. The third-order valence-electron chi connectivity index (χ3n) is 8.17. The van der Waals surface area contributed by atoms with Gasteiger partial charge in [0.05, 0.1) is 43.8 Å². The summed E-state index contributed by atoms with van der Waals surface area (Å²) in [5, 5.41) is 12.1. The topological polar surface area (TPSA) is 109 Å². The third kappa shape index (κ3) is 5.56. The first-order chi connectivity index (χ1) is 19.0. The van der Waals surface area contributed by atoms with Crippen molar-refractivity contribution in [2.45, 2.75) is 69.3 Å². The Morgan fingerprint density at radius 3 is 2.33 bits per heavy atom. The Labute approximate surface area is 236 Å². The summed E-state index contributed by atoms with van der Waals surface area (Å²) in [6.07, 6.45) is 3.28. The highest BCUT2D eigenvalue weighted by molar-refractivity contribution is 7.86. The van der Waals surface area contributed by atoms with E-state index in [4.69, 9.17) is 23.4 Å². The van der Waals surface area contributed by atoms with Crippen molar-refractivity contribution in [3.05, 3.63) is 77.4 Å². The Morgan fingerprint density at radius 2 is 1.70 bits per heavy atom. The van der Waals surface area contributed by atoms with Crippen molar-refractivity contribution in [2.75, 3.05) is 26.9 Å². The van der Waals surface area contributed by atoms with E-state index in [0.717, 1.165) is 22.6 Å². The largest absolute Gasteiger partial charge is 0.497 e. The number of imidazole rings is 1. The smallest absolute Gasteiger partial charge is 0.296 e. The van der Waals surface area contributed by atoms with Gasteiger partial charge in [0.1, 0.15) is 11.4 Å². The molecule has 1 aliphatic carbocycles. The molecule has 5 rings (SSSR count). The van der Waals surface area contributed by atoms with Crippen molar-refractivity contribution in [2.24, 2.45) is 5.41 Å². The first kappa shape index (κ1) is 28.8. The number of methoxy groups -OCH3 is 1. The Bertz CT molecular complexity index is 1430. The van der Waals surface area contributed by atoms with Gasteiger partial charge in [-0.1, -0.05) is 43.7 Å². The van der Waals surface area contributed by atoms with Crippen LogP contribution in [0.1, 0.15) is 55.6 Å². The summed E-state index contributed by atoms with van der Waals surface area (Å²) in [5.74, 6) is 0.0325. The van der Waals surface area contributed by atoms with Gasteiger partial charge in [0.2, 0.25) is 0 Å². The molecule has 10 heteroatoms. The van der Waals surface area contributed by atoms with Crippen molar-refractivity contribution < 1.29 is 31.9 Å². The molecule has 2 fully saturated rings. The van der Waals surface area contributed by atoms with Gasteiger partial charge in [0, 0.05) is 30.5 Å². The zero-order chi connectivity index (χ0) is 28.6. The standard InChI is InChI=1S/C30H38N2O7S/c1-22-5-11-25(12-6-22)40(34,35)39-16-13-26-27(31-21-32(26)19-23-7-9-24(36-4)10-8-23)29(33)14-15-30(28(2,3)20-29)37-17-18-38-30/h5-12,21,33H,13-20H2,1-4H3. The quantitative estimate of drug-likeness (QED) is 0.379. The Balaban J connectivity index is 1.42. The number of hydrogen-bond acceptors (Lipinski definition) is 8. The van der Waals surface area contributed by atoms with Crippen LogP contribution in [-0.2, 0) is 42.3 Å². The number of aryl methyl sites for hydroxylation is 1. The maximum Gasteiger partial charge on any atom is 0.296 e. The van der Waals surface area contributed by atoms with Crippen molar-refractivity contribution in [3.8, 4) is 5.75 Å². The van der Waals surface area contributed by atoms with E-state index in [2.05, 4.69) is 0 Å². The fourth-order valence-corrected chi connectivity index (χ4v) is 6.91. The number of rotatable bonds is 9. The molecule has 40 heavy (non-hydrogen) atoms.